The molecule has 2 nitrogen and oxygen atoms in total. The third kappa shape index (κ3) is 5.43. The Labute approximate surface area is 308 Å². The minimum absolute atomic E-state index is 1.09. The van der Waals surface area contributed by atoms with Crippen LogP contribution in [0, 0.1) is 6.92 Å². The molecule has 0 amide bonds. The van der Waals surface area contributed by atoms with Gasteiger partial charge in [-0.05, 0) is 95.4 Å². The van der Waals surface area contributed by atoms with E-state index in [0.29, 0.717) is 0 Å². The molecule has 0 spiro atoms. The molecule has 0 aliphatic heterocycles. The maximum atomic E-state index is 3.97. The Morgan fingerprint density at radius 2 is 1.17 bits per heavy atom. The van der Waals surface area contributed by atoms with Crippen LogP contribution in [-0.4, -0.2) is 4.57 Å². The molecule has 0 aliphatic carbocycles. The van der Waals surface area contributed by atoms with Crippen molar-refractivity contribution in [2.75, 3.05) is 4.90 Å². The molecule has 9 aromatic rings. The number of benzene rings is 7. The highest BCUT2D eigenvalue weighted by atomic mass is 32.1. The molecular formula is C49H36N2S. The number of rotatable bonds is 8. The van der Waals surface area contributed by atoms with Crippen LogP contribution in [0.25, 0.3) is 65.1 Å². The van der Waals surface area contributed by atoms with Crippen LogP contribution in [0.1, 0.15) is 11.3 Å². The molecule has 0 bridgehead atoms. The van der Waals surface area contributed by atoms with E-state index in [4.69, 9.17) is 0 Å². The SMILES string of the molecule is C=C/C=C\c1c(C)c2ccccc2n1-c1ccccc1N(c1ccc(-c2ccccc2)cc1)c1ccc(-c2cccc3sc4ccccc4c23)cc1. The van der Waals surface area contributed by atoms with E-state index >= 15 is 0 Å². The Hall–Kier alpha value is -6.42. The molecule has 0 fully saturated rings. The Balaban J connectivity index is 1.23. The Kier molecular flexibility index (Phi) is 8.11. The number of hydrogen-bond donors (Lipinski definition) is 0. The van der Waals surface area contributed by atoms with Gasteiger partial charge in [0, 0.05) is 42.6 Å². The summed E-state index contributed by atoms with van der Waals surface area (Å²) in [6.45, 7) is 6.18. The lowest BCUT2D eigenvalue weighted by Crippen LogP contribution is -2.13. The minimum atomic E-state index is 1.09. The van der Waals surface area contributed by atoms with Crippen LogP contribution in [0.15, 0.2) is 189 Å². The number of hydrogen-bond acceptors (Lipinski definition) is 2. The topological polar surface area (TPSA) is 8.17 Å². The Morgan fingerprint density at radius 1 is 0.558 bits per heavy atom. The number of aryl methyl sites for hydroxylation is 1. The minimum Gasteiger partial charge on any atom is -0.308 e. The highest BCUT2D eigenvalue weighted by Crippen LogP contribution is 2.44. The lowest BCUT2D eigenvalue weighted by atomic mass is 9.99. The summed E-state index contributed by atoms with van der Waals surface area (Å²) >= 11 is 1.86. The summed E-state index contributed by atoms with van der Waals surface area (Å²) in [6.07, 6.45) is 6.03. The predicted octanol–water partition coefficient (Wildman–Crippen LogP) is 14.3. The molecule has 3 heteroatoms. The van der Waals surface area contributed by atoms with E-state index < -0.39 is 0 Å². The molecule has 2 heterocycles. The number of anilines is 3. The third-order valence-electron chi connectivity index (χ3n) is 10.00. The molecule has 0 radical (unpaired) electrons. The molecule has 0 unspecified atom stereocenters. The van der Waals surface area contributed by atoms with Crippen molar-refractivity contribution in [2.24, 2.45) is 0 Å². The van der Waals surface area contributed by atoms with Gasteiger partial charge in [-0.15, -0.1) is 11.3 Å². The average molecular weight is 685 g/mol. The zero-order valence-electron chi connectivity index (χ0n) is 28.9. The van der Waals surface area contributed by atoms with Gasteiger partial charge < -0.3 is 9.47 Å². The van der Waals surface area contributed by atoms with Gasteiger partial charge in [0.15, 0.2) is 0 Å². The van der Waals surface area contributed by atoms with Gasteiger partial charge in [0.1, 0.15) is 0 Å². The molecular weight excluding hydrogens is 649 g/mol. The summed E-state index contributed by atoms with van der Waals surface area (Å²) in [5.41, 5.74) is 12.8. The van der Waals surface area contributed by atoms with E-state index in [2.05, 4.69) is 199 Å². The van der Waals surface area contributed by atoms with Gasteiger partial charge in [-0.2, -0.15) is 0 Å². The molecule has 0 aliphatic rings. The average Bonchev–Trinajstić information content (AvgIpc) is 3.73. The monoisotopic (exact) mass is 684 g/mol. The van der Waals surface area contributed by atoms with Crippen molar-refractivity contribution < 1.29 is 0 Å². The summed E-state index contributed by atoms with van der Waals surface area (Å²) in [7, 11) is 0. The standard InChI is InChI=1S/C49H36N2S/c1-3-4-20-43-34(2)40-17-8-10-21-44(40)51(43)46-23-12-11-22-45(46)50(38-30-26-36(27-31-38)35-15-6-5-7-16-35)39-32-28-37(29-33-39)41-19-14-25-48-49(41)42-18-9-13-24-47(42)52-48/h3-33H,1H2,2H3/b20-4-. The molecule has 52 heavy (non-hydrogen) atoms. The van der Waals surface area contributed by atoms with Crippen LogP contribution >= 0.6 is 11.3 Å². The molecule has 0 atom stereocenters. The van der Waals surface area contributed by atoms with Crippen LogP contribution in [-0.2, 0) is 0 Å². The van der Waals surface area contributed by atoms with Crippen LogP contribution in [0.4, 0.5) is 17.1 Å². The van der Waals surface area contributed by atoms with Crippen LogP contribution < -0.4 is 4.90 Å². The van der Waals surface area contributed by atoms with E-state index in [1.165, 1.54) is 58.9 Å². The van der Waals surface area contributed by atoms with Crippen LogP contribution in [0.2, 0.25) is 0 Å². The molecule has 2 aromatic heterocycles. The van der Waals surface area contributed by atoms with Gasteiger partial charge in [-0.1, -0.05) is 134 Å². The van der Waals surface area contributed by atoms with Gasteiger partial charge in [0.25, 0.3) is 0 Å². The summed E-state index contributed by atoms with van der Waals surface area (Å²) in [4.78, 5) is 2.39. The van der Waals surface area contributed by atoms with Gasteiger partial charge >= 0.3 is 0 Å². The van der Waals surface area contributed by atoms with Crippen LogP contribution in [0.3, 0.4) is 0 Å². The Morgan fingerprint density at radius 3 is 1.94 bits per heavy atom. The van der Waals surface area contributed by atoms with Gasteiger partial charge in [0.2, 0.25) is 0 Å². The van der Waals surface area contributed by atoms with Crippen molar-refractivity contribution >= 4 is 65.6 Å². The first-order valence-corrected chi connectivity index (χ1v) is 18.5. The molecule has 7 aromatic carbocycles. The lowest BCUT2D eigenvalue weighted by molar-refractivity contribution is 1.08. The second kappa shape index (κ2) is 13.4. The number of para-hydroxylation sites is 3. The van der Waals surface area contributed by atoms with E-state index in [9.17, 15) is 0 Å². The van der Waals surface area contributed by atoms with Crippen molar-refractivity contribution in [1.29, 1.82) is 0 Å². The number of thiophene rings is 1. The predicted molar refractivity (Wildman–Crippen MR) is 226 cm³/mol. The normalized spacial score (nSPS) is 11.6. The number of aromatic nitrogens is 1. The highest BCUT2D eigenvalue weighted by molar-refractivity contribution is 7.25. The van der Waals surface area contributed by atoms with Crippen LogP contribution in [0.5, 0.6) is 0 Å². The first kappa shape index (κ1) is 31.6. The first-order chi connectivity index (χ1) is 25.7. The fraction of sp³-hybridized carbons (Fsp3) is 0.0204. The van der Waals surface area contributed by atoms with Crippen molar-refractivity contribution in [1.82, 2.24) is 4.57 Å². The fourth-order valence-corrected chi connectivity index (χ4v) is 8.68. The van der Waals surface area contributed by atoms with Gasteiger partial charge in [-0.25, -0.2) is 0 Å². The van der Waals surface area contributed by atoms with E-state index in [0.717, 1.165) is 28.4 Å². The Bertz CT molecular complexity index is 2750. The molecule has 248 valence electrons. The zero-order valence-corrected chi connectivity index (χ0v) is 29.7. The number of fused-ring (bicyclic) bond motifs is 4. The second-order valence-electron chi connectivity index (χ2n) is 13.0. The van der Waals surface area contributed by atoms with Crippen molar-refractivity contribution in [3.8, 4) is 27.9 Å². The fourth-order valence-electron chi connectivity index (χ4n) is 7.55. The third-order valence-corrected chi connectivity index (χ3v) is 11.1. The van der Waals surface area contributed by atoms with Crippen molar-refractivity contribution in [2.45, 2.75) is 6.92 Å². The quantitative estimate of drug-likeness (QED) is 0.145. The molecule has 0 saturated heterocycles. The summed E-state index contributed by atoms with van der Waals surface area (Å²) < 4.78 is 5.02. The number of allylic oxidation sites excluding steroid dienone is 2. The lowest BCUT2D eigenvalue weighted by Gasteiger charge is -2.29. The molecule has 0 saturated carbocycles. The summed E-state index contributed by atoms with van der Waals surface area (Å²) in [5.74, 6) is 0. The second-order valence-corrected chi connectivity index (χ2v) is 14.1. The summed E-state index contributed by atoms with van der Waals surface area (Å²) in [6, 6.07) is 61.4. The van der Waals surface area contributed by atoms with E-state index in [1.54, 1.807) is 0 Å². The van der Waals surface area contributed by atoms with E-state index in [-0.39, 0.29) is 0 Å². The van der Waals surface area contributed by atoms with Crippen molar-refractivity contribution in [3.05, 3.63) is 200 Å². The van der Waals surface area contributed by atoms with Gasteiger partial charge in [-0.3, -0.25) is 0 Å². The first-order valence-electron chi connectivity index (χ1n) is 17.6. The summed E-state index contributed by atoms with van der Waals surface area (Å²) in [5, 5.41) is 3.87. The molecule has 9 rings (SSSR count). The van der Waals surface area contributed by atoms with E-state index in [1.807, 2.05) is 23.5 Å². The number of nitrogens with zero attached hydrogens (tertiary/aromatic N) is 2. The smallest absolute Gasteiger partial charge is 0.0702 e. The maximum absolute atomic E-state index is 3.97. The van der Waals surface area contributed by atoms with Crippen molar-refractivity contribution in [3.63, 3.8) is 0 Å². The van der Waals surface area contributed by atoms with Gasteiger partial charge in [0.05, 0.1) is 16.9 Å². The largest absolute Gasteiger partial charge is 0.308 e. The highest BCUT2D eigenvalue weighted by Gasteiger charge is 2.21. The maximum Gasteiger partial charge on any atom is 0.0702 e. The molecule has 0 N–H and O–H groups in total. The zero-order chi connectivity index (χ0) is 35.0.